The van der Waals surface area contributed by atoms with Crippen molar-refractivity contribution in [3.63, 3.8) is 0 Å². The normalized spacial score (nSPS) is 10.8. The van der Waals surface area contributed by atoms with E-state index >= 15 is 0 Å². The summed E-state index contributed by atoms with van der Waals surface area (Å²) in [5.41, 5.74) is 3.29. The number of hydrogen-bond acceptors (Lipinski definition) is 4. The first-order chi connectivity index (χ1) is 14.1. The Morgan fingerprint density at radius 2 is 1.45 bits per heavy atom. The number of nitrogens with one attached hydrogen (secondary N) is 1. The molecule has 0 aliphatic carbocycles. The minimum atomic E-state index is -0.231. The van der Waals surface area contributed by atoms with Gasteiger partial charge in [0.1, 0.15) is 11.5 Å². The van der Waals surface area contributed by atoms with Crippen LogP contribution >= 0.6 is 0 Å². The molecule has 29 heavy (non-hydrogen) atoms. The smallest absolute Gasteiger partial charge is 0.251 e. The molecule has 0 atom stereocenters. The van der Waals surface area contributed by atoms with E-state index in [0.717, 1.165) is 16.7 Å². The molecule has 0 fully saturated rings. The molecule has 3 aromatic carbocycles. The number of phenols is 2. The van der Waals surface area contributed by atoms with Gasteiger partial charge in [-0.05, 0) is 53.9 Å². The van der Waals surface area contributed by atoms with Gasteiger partial charge in [-0.25, -0.2) is 0 Å². The van der Waals surface area contributed by atoms with Crippen molar-refractivity contribution in [3.05, 3.63) is 95.1 Å². The van der Waals surface area contributed by atoms with Crippen molar-refractivity contribution in [1.82, 2.24) is 5.32 Å². The molecular weight excluding hydrogens is 366 g/mol. The summed E-state index contributed by atoms with van der Waals surface area (Å²) in [6.07, 6.45) is 0. The van der Waals surface area contributed by atoms with Crippen LogP contribution in [-0.2, 0) is 4.74 Å². The van der Waals surface area contributed by atoms with Crippen LogP contribution in [-0.4, -0.2) is 35.9 Å². The highest BCUT2D eigenvalue weighted by atomic mass is 16.5. The number of carbonyl (C=O) groups excluding carboxylic acids is 1. The minimum absolute atomic E-state index is 0.164. The molecule has 0 unspecified atom stereocenters. The molecule has 1 amide bonds. The summed E-state index contributed by atoms with van der Waals surface area (Å²) in [5.74, 6) is -0.0341. The molecule has 0 aliphatic rings. The third kappa shape index (κ3) is 5.15. The van der Waals surface area contributed by atoms with Gasteiger partial charge in [0, 0.05) is 24.6 Å². The summed E-state index contributed by atoms with van der Waals surface area (Å²) in [7, 11) is 0. The number of benzene rings is 3. The van der Waals surface area contributed by atoms with Crippen LogP contribution in [0.2, 0.25) is 0 Å². The van der Waals surface area contributed by atoms with Crippen LogP contribution in [0.3, 0.4) is 0 Å². The van der Waals surface area contributed by atoms with Gasteiger partial charge >= 0.3 is 0 Å². The fourth-order valence-electron chi connectivity index (χ4n) is 3.32. The molecule has 5 nitrogen and oxygen atoms in total. The van der Waals surface area contributed by atoms with Gasteiger partial charge in [0.05, 0.1) is 6.61 Å². The van der Waals surface area contributed by atoms with Gasteiger partial charge in [0.15, 0.2) is 0 Å². The fourth-order valence-corrected chi connectivity index (χ4v) is 3.32. The van der Waals surface area contributed by atoms with E-state index in [1.807, 2.05) is 49.4 Å². The average molecular weight is 391 g/mol. The van der Waals surface area contributed by atoms with Crippen LogP contribution in [0.15, 0.2) is 72.8 Å². The maximum atomic E-state index is 12.9. The molecule has 0 bridgehead atoms. The topological polar surface area (TPSA) is 78.8 Å². The number of aromatic hydroxyl groups is 2. The van der Waals surface area contributed by atoms with Gasteiger partial charge < -0.3 is 20.3 Å². The first-order valence-corrected chi connectivity index (χ1v) is 9.63. The molecule has 0 aliphatic heterocycles. The summed E-state index contributed by atoms with van der Waals surface area (Å²) in [6, 6.07) is 21.4. The van der Waals surface area contributed by atoms with Gasteiger partial charge in [-0.15, -0.1) is 0 Å². The first-order valence-electron chi connectivity index (χ1n) is 9.63. The Balaban J connectivity index is 2.01. The Labute approximate surface area is 170 Å². The zero-order valence-electron chi connectivity index (χ0n) is 16.3. The second-order valence-electron chi connectivity index (χ2n) is 6.66. The number of phenolic OH excluding ortho intramolecular Hbond substituents is 2. The monoisotopic (exact) mass is 391 g/mol. The quantitative estimate of drug-likeness (QED) is 0.400. The van der Waals surface area contributed by atoms with E-state index in [4.69, 9.17) is 4.74 Å². The third-order valence-electron chi connectivity index (χ3n) is 4.71. The highest BCUT2D eigenvalue weighted by Crippen LogP contribution is 2.35. The second kappa shape index (κ2) is 9.75. The van der Waals surface area contributed by atoms with Gasteiger partial charge in [0.2, 0.25) is 0 Å². The van der Waals surface area contributed by atoms with E-state index in [1.54, 1.807) is 30.3 Å². The van der Waals surface area contributed by atoms with Gasteiger partial charge in [-0.1, -0.05) is 42.5 Å². The minimum Gasteiger partial charge on any atom is -0.508 e. The number of carbonyl (C=O) groups is 1. The summed E-state index contributed by atoms with van der Waals surface area (Å²) in [5, 5.41) is 22.3. The van der Waals surface area contributed by atoms with E-state index < -0.39 is 0 Å². The Bertz CT molecular complexity index is 890. The van der Waals surface area contributed by atoms with E-state index in [0.29, 0.717) is 25.3 Å². The molecule has 0 spiro atoms. The zero-order chi connectivity index (χ0) is 20.6. The highest BCUT2D eigenvalue weighted by molar-refractivity contribution is 5.96. The van der Waals surface area contributed by atoms with E-state index in [2.05, 4.69) is 5.32 Å². The van der Waals surface area contributed by atoms with Crippen molar-refractivity contribution in [3.8, 4) is 11.5 Å². The van der Waals surface area contributed by atoms with E-state index in [9.17, 15) is 15.0 Å². The summed E-state index contributed by atoms with van der Waals surface area (Å²) in [6.45, 7) is 3.42. The van der Waals surface area contributed by atoms with Gasteiger partial charge in [0.25, 0.3) is 5.91 Å². The third-order valence-corrected chi connectivity index (χ3v) is 4.71. The van der Waals surface area contributed by atoms with Gasteiger partial charge in [-0.3, -0.25) is 4.79 Å². The number of hydrogen-bond donors (Lipinski definition) is 3. The highest BCUT2D eigenvalue weighted by Gasteiger charge is 2.22. The molecule has 3 rings (SSSR count). The van der Waals surface area contributed by atoms with Crippen LogP contribution in [0.25, 0.3) is 0 Å². The maximum Gasteiger partial charge on any atom is 0.251 e. The molecular formula is C24H25NO4. The van der Waals surface area contributed by atoms with E-state index in [-0.39, 0.29) is 23.3 Å². The standard InChI is InChI=1S/C24H25NO4/c1-2-29-16-15-25-24(28)22-6-4-3-5-21(22)23(17-7-11-19(26)12-8-17)18-9-13-20(27)14-10-18/h3-14,23,26-27H,2,15-16H2,1H3,(H,25,28). The lowest BCUT2D eigenvalue weighted by Gasteiger charge is -2.22. The fraction of sp³-hybridized carbons (Fsp3) is 0.208. The molecule has 3 N–H and O–H groups in total. The van der Waals surface area contributed by atoms with Crippen LogP contribution in [0.4, 0.5) is 0 Å². The Kier molecular flexibility index (Phi) is 6.87. The Morgan fingerprint density at radius 3 is 2.00 bits per heavy atom. The maximum absolute atomic E-state index is 12.9. The number of rotatable bonds is 8. The molecule has 150 valence electrons. The van der Waals surface area contributed by atoms with E-state index in [1.165, 1.54) is 0 Å². The van der Waals surface area contributed by atoms with Gasteiger partial charge in [-0.2, -0.15) is 0 Å². The first kappa shape index (κ1) is 20.4. The average Bonchev–Trinajstić information content (AvgIpc) is 2.74. The Hall–Kier alpha value is -3.31. The second-order valence-corrected chi connectivity index (χ2v) is 6.66. The van der Waals surface area contributed by atoms with Crippen molar-refractivity contribution in [2.45, 2.75) is 12.8 Å². The summed E-state index contributed by atoms with van der Waals surface area (Å²) in [4.78, 5) is 12.9. The molecule has 0 saturated carbocycles. The van der Waals surface area contributed by atoms with Crippen LogP contribution in [0.5, 0.6) is 11.5 Å². The predicted octanol–water partition coefficient (Wildman–Crippen LogP) is 4.04. The van der Waals surface area contributed by atoms with Crippen molar-refractivity contribution in [2.75, 3.05) is 19.8 Å². The molecule has 5 heteroatoms. The predicted molar refractivity (Wildman–Crippen MR) is 112 cm³/mol. The van der Waals surface area contributed by atoms with Crippen LogP contribution in [0.1, 0.15) is 39.9 Å². The SMILES string of the molecule is CCOCCNC(=O)c1ccccc1C(c1ccc(O)cc1)c1ccc(O)cc1. The molecule has 0 saturated heterocycles. The molecule has 0 heterocycles. The lowest BCUT2D eigenvalue weighted by Crippen LogP contribution is -2.28. The number of ether oxygens (including phenoxy) is 1. The van der Waals surface area contributed by atoms with Crippen LogP contribution in [0, 0.1) is 0 Å². The lowest BCUT2D eigenvalue weighted by molar-refractivity contribution is 0.0921. The van der Waals surface area contributed by atoms with Crippen LogP contribution < -0.4 is 5.32 Å². The number of amides is 1. The lowest BCUT2D eigenvalue weighted by atomic mass is 9.82. The van der Waals surface area contributed by atoms with Crippen molar-refractivity contribution < 1.29 is 19.7 Å². The Morgan fingerprint density at radius 1 is 0.897 bits per heavy atom. The molecule has 0 radical (unpaired) electrons. The van der Waals surface area contributed by atoms with Crippen molar-refractivity contribution >= 4 is 5.91 Å². The van der Waals surface area contributed by atoms with Crippen molar-refractivity contribution in [1.29, 1.82) is 0 Å². The molecule has 0 aromatic heterocycles. The summed E-state index contributed by atoms with van der Waals surface area (Å²) < 4.78 is 5.30. The zero-order valence-corrected chi connectivity index (χ0v) is 16.3. The van der Waals surface area contributed by atoms with Crippen molar-refractivity contribution in [2.24, 2.45) is 0 Å². The summed E-state index contributed by atoms with van der Waals surface area (Å²) >= 11 is 0. The molecule has 3 aromatic rings. The largest absolute Gasteiger partial charge is 0.508 e.